The quantitative estimate of drug-likeness (QED) is 0.793. The monoisotopic (exact) mass is 291 g/mol. The molecule has 5 nitrogen and oxygen atoms in total. The van der Waals surface area contributed by atoms with Crippen LogP contribution >= 0.6 is 11.3 Å². The lowest BCUT2D eigenvalue weighted by Gasteiger charge is -2.32. The van der Waals surface area contributed by atoms with Gasteiger partial charge in [-0.2, -0.15) is 5.10 Å². The fourth-order valence-corrected chi connectivity index (χ4v) is 2.67. The molecule has 1 aliphatic rings. The highest BCUT2D eigenvalue weighted by molar-refractivity contribution is 7.12. The van der Waals surface area contributed by atoms with Crippen molar-refractivity contribution in [1.29, 1.82) is 0 Å². The van der Waals surface area contributed by atoms with Gasteiger partial charge in [-0.05, 0) is 34.6 Å². The van der Waals surface area contributed by atoms with Gasteiger partial charge in [0.15, 0.2) is 0 Å². The highest BCUT2D eigenvalue weighted by Gasteiger charge is 2.52. The van der Waals surface area contributed by atoms with Crippen molar-refractivity contribution in [3.05, 3.63) is 23.5 Å². The summed E-state index contributed by atoms with van der Waals surface area (Å²) in [5.74, 6) is 0. The molecule has 0 unspecified atom stereocenters. The highest BCUT2D eigenvalue weighted by Crippen LogP contribution is 2.36. The predicted octanol–water partition coefficient (Wildman–Crippen LogP) is 1.94. The van der Waals surface area contributed by atoms with E-state index in [0.29, 0.717) is 0 Å². The maximum absolute atomic E-state index is 6.07. The van der Waals surface area contributed by atoms with Gasteiger partial charge in [-0.1, -0.05) is 0 Å². The Balaban J connectivity index is 1.93. The van der Waals surface area contributed by atoms with Crippen LogP contribution < -0.4 is 5.46 Å². The molecule has 0 spiro atoms. The molecule has 3 rings (SSSR count). The molecule has 2 aromatic heterocycles. The third-order valence-corrected chi connectivity index (χ3v) is 4.82. The summed E-state index contributed by atoms with van der Waals surface area (Å²) in [6.45, 7) is 10.2. The Kier molecular flexibility index (Phi) is 3.04. The minimum atomic E-state index is -0.381. The van der Waals surface area contributed by atoms with Crippen molar-refractivity contribution in [1.82, 2.24) is 14.8 Å². The van der Waals surface area contributed by atoms with Crippen LogP contribution in [0.3, 0.4) is 0 Å². The molecule has 106 valence electrons. The van der Waals surface area contributed by atoms with E-state index >= 15 is 0 Å². The molecule has 20 heavy (non-hydrogen) atoms. The Morgan fingerprint density at radius 3 is 2.40 bits per heavy atom. The molecule has 0 radical (unpaired) electrons. The first-order chi connectivity index (χ1) is 9.30. The van der Waals surface area contributed by atoms with E-state index in [1.807, 2.05) is 46.2 Å². The largest absolute Gasteiger partial charge is 0.498 e. The van der Waals surface area contributed by atoms with E-state index in [4.69, 9.17) is 9.31 Å². The van der Waals surface area contributed by atoms with Gasteiger partial charge in [0.05, 0.1) is 16.9 Å². The maximum atomic E-state index is 6.07. The van der Waals surface area contributed by atoms with Gasteiger partial charge in [0.2, 0.25) is 5.13 Å². The van der Waals surface area contributed by atoms with Gasteiger partial charge in [0.25, 0.3) is 0 Å². The molecular weight excluding hydrogens is 273 g/mol. The number of aryl methyl sites for hydroxylation is 1. The molecule has 0 bridgehead atoms. The number of hydrogen-bond donors (Lipinski definition) is 0. The summed E-state index contributed by atoms with van der Waals surface area (Å²) in [5, 5.41) is 7.27. The second kappa shape index (κ2) is 4.41. The lowest BCUT2D eigenvalue weighted by atomic mass is 9.79. The van der Waals surface area contributed by atoms with E-state index in [-0.39, 0.29) is 18.3 Å². The maximum Gasteiger partial charge on any atom is 0.498 e. The summed E-state index contributed by atoms with van der Waals surface area (Å²) >= 11 is 1.55. The average molecular weight is 291 g/mol. The Hall–Kier alpha value is -1.18. The van der Waals surface area contributed by atoms with Gasteiger partial charge in [-0.25, -0.2) is 9.67 Å². The number of hydrogen-bond acceptors (Lipinski definition) is 5. The van der Waals surface area contributed by atoms with Crippen molar-refractivity contribution in [2.45, 2.75) is 45.8 Å². The topological polar surface area (TPSA) is 49.2 Å². The fraction of sp³-hybridized carbons (Fsp3) is 0.538. The minimum Gasteiger partial charge on any atom is -0.399 e. The summed E-state index contributed by atoms with van der Waals surface area (Å²) < 4.78 is 13.9. The van der Waals surface area contributed by atoms with Gasteiger partial charge < -0.3 is 9.31 Å². The second-order valence-corrected chi connectivity index (χ2v) is 6.89. The Labute approximate surface area is 123 Å². The average Bonchev–Trinajstić information content (AvgIpc) is 2.98. The molecule has 0 amide bonds. The summed E-state index contributed by atoms with van der Waals surface area (Å²) in [6, 6.07) is 0. The van der Waals surface area contributed by atoms with Gasteiger partial charge in [0, 0.05) is 23.2 Å². The third-order valence-electron chi connectivity index (χ3n) is 4.06. The van der Waals surface area contributed by atoms with Gasteiger partial charge >= 0.3 is 7.12 Å². The molecule has 2 aromatic rings. The number of aromatic nitrogens is 3. The molecular formula is C13H18BN3O2S. The molecule has 0 atom stereocenters. The van der Waals surface area contributed by atoms with Crippen LogP contribution in [0.25, 0.3) is 5.13 Å². The summed E-state index contributed by atoms with van der Waals surface area (Å²) in [5.41, 5.74) is 1.18. The molecule has 0 aliphatic carbocycles. The van der Waals surface area contributed by atoms with Crippen molar-refractivity contribution in [3.8, 4) is 5.13 Å². The Morgan fingerprint density at radius 2 is 1.85 bits per heavy atom. The van der Waals surface area contributed by atoms with E-state index in [2.05, 4.69) is 10.1 Å². The van der Waals surface area contributed by atoms with E-state index in [1.165, 1.54) is 0 Å². The molecule has 7 heteroatoms. The molecule has 3 heterocycles. The van der Waals surface area contributed by atoms with Crippen molar-refractivity contribution in [3.63, 3.8) is 0 Å². The second-order valence-electron chi connectivity index (χ2n) is 6.02. The number of thiazole rings is 1. The lowest BCUT2D eigenvalue weighted by Crippen LogP contribution is -2.41. The van der Waals surface area contributed by atoms with E-state index in [9.17, 15) is 0 Å². The zero-order valence-corrected chi connectivity index (χ0v) is 13.2. The Bertz CT molecular complexity index is 606. The first-order valence-electron chi connectivity index (χ1n) is 6.62. The van der Waals surface area contributed by atoms with Crippen molar-refractivity contribution < 1.29 is 9.31 Å². The standard InChI is InChI=1S/C13H18BN3O2S/c1-9-10(8-17(16-9)11-15-6-7-20-11)14-18-12(2,3)13(4,5)19-14/h6-8H,1-5H3. The van der Waals surface area contributed by atoms with Crippen LogP contribution in [0.2, 0.25) is 0 Å². The Morgan fingerprint density at radius 1 is 1.20 bits per heavy atom. The van der Waals surface area contributed by atoms with E-state index in [1.54, 1.807) is 22.2 Å². The van der Waals surface area contributed by atoms with Crippen LogP contribution in [-0.4, -0.2) is 33.1 Å². The first-order valence-corrected chi connectivity index (χ1v) is 7.50. The van der Waals surface area contributed by atoms with Gasteiger partial charge in [0.1, 0.15) is 0 Å². The lowest BCUT2D eigenvalue weighted by molar-refractivity contribution is 0.00578. The van der Waals surface area contributed by atoms with Crippen molar-refractivity contribution in [2.24, 2.45) is 0 Å². The molecule has 0 N–H and O–H groups in total. The normalized spacial score (nSPS) is 20.6. The van der Waals surface area contributed by atoms with Crippen LogP contribution in [0.1, 0.15) is 33.4 Å². The smallest absolute Gasteiger partial charge is 0.399 e. The van der Waals surface area contributed by atoms with Gasteiger partial charge in [-0.3, -0.25) is 0 Å². The van der Waals surface area contributed by atoms with E-state index in [0.717, 1.165) is 16.3 Å². The van der Waals surface area contributed by atoms with Crippen molar-refractivity contribution >= 4 is 23.9 Å². The molecule has 1 fully saturated rings. The first kappa shape index (κ1) is 13.8. The van der Waals surface area contributed by atoms with Crippen LogP contribution in [0, 0.1) is 6.92 Å². The van der Waals surface area contributed by atoms with Crippen molar-refractivity contribution in [2.75, 3.05) is 0 Å². The number of nitrogens with zero attached hydrogens (tertiary/aromatic N) is 3. The number of rotatable bonds is 2. The SMILES string of the molecule is Cc1nn(-c2nccs2)cc1B1OC(C)(C)C(C)(C)O1. The van der Waals surface area contributed by atoms with Crippen LogP contribution in [0.15, 0.2) is 17.8 Å². The predicted molar refractivity (Wildman–Crippen MR) is 79.7 cm³/mol. The molecule has 1 aliphatic heterocycles. The van der Waals surface area contributed by atoms with Crippen LogP contribution in [-0.2, 0) is 9.31 Å². The third kappa shape index (κ3) is 2.10. The minimum absolute atomic E-state index is 0.340. The summed E-state index contributed by atoms with van der Waals surface area (Å²) in [4.78, 5) is 4.26. The molecule has 1 saturated heterocycles. The zero-order valence-electron chi connectivity index (χ0n) is 12.4. The zero-order chi connectivity index (χ0) is 14.5. The molecule has 0 aromatic carbocycles. The molecule has 0 saturated carbocycles. The summed E-state index contributed by atoms with van der Waals surface area (Å²) in [6.07, 6.45) is 3.71. The fourth-order valence-electron chi connectivity index (χ4n) is 2.10. The van der Waals surface area contributed by atoms with E-state index < -0.39 is 0 Å². The summed E-state index contributed by atoms with van der Waals surface area (Å²) in [7, 11) is -0.381. The van der Waals surface area contributed by atoms with Crippen LogP contribution in [0.4, 0.5) is 0 Å². The highest BCUT2D eigenvalue weighted by atomic mass is 32.1. The van der Waals surface area contributed by atoms with Gasteiger partial charge in [-0.15, -0.1) is 11.3 Å². The van der Waals surface area contributed by atoms with Crippen LogP contribution in [0.5, 0.6) is 0 Å².